The summed E-state index contributed by atoms with van der Waals surface area (Å²) in [5, 5.41) is 7.68. The van der Waals surface area contributed by atoms with Crippen LogP contribution < -0.4 is 10.2 Å². The van der Waals surface area contributed by atoms with Crippen LogP contribution in [0.2, 0.25) is 0 Å². The summed E-state index contributed by atoms with van der Waals surface area (Å²) in [5.41, 5.74) is 4.07. The van der Waals surface area contributed by atoms with Gasteiger partial charge in [-0.1, -0.05) is 12.1 Å². The molecule has 27 heavy (non-hydrogen) atoms. The molecule has 7 nitrogen and oxygen atoms in total. The van der Waals surface area contributed by atoms with E-state index in [1.807, 2.05) is 31.2 Å². The van der Waals surface area contributed by atoms with E-state index in [9.17, 15) is 9.18 Å². The molecular formula is C19H19FN4O3. The average Bonchev–Trinajstić information content (AvgIpc) is 3.20. The van der Waals surface area contributed by atoms with Gasteiger partial charge in [-0.2, -0.15) is 14.6 Å². The number of ether oxygens (including phenoxy) is 1. The highest BCUT2D eigenvalue weighted by molar-refractivity contribution is 5.92. The summed E-state index contributed by atoms with van der Waals surface area (Å²) < 4.78 is 26.0. The van der Waals surface area contributed by atoms with E-state index in [1.54, 1.807) is 13.0 Å². The van der Waals surface area contributed by atoms with Gasteiger partial charge in [0.1, 0.15) is 18.1 Å². The molecule has 0 fully saturated rings. The van der Waals surface area contributed by atoms with Crippen molar-refractivity contribution in [2.75, 3.05) is 0 Å². The molecule has 1 amide bonds. The zero-order valence-electron chi connectivity index (χ0n) is 15.2. The number of carbonyl (C=O) groups excluding carboxylic acids is 1. The van der Waals surface area contributed by atoms with Crippen molar-refractivity contribution < 1.29 is 18.3 Å². The first-order valence-electron chi connectivity index (χ1n) is 8.24. The van der Waals surface area contributed by atoms with E-state index in [-0.39, 0.29) is 17.9 Å². The molecule has 0 saturated carbocycles. The van der Waals surface area contributed by atoms with E-state index in [4.69, 9.17) is 9.15 Å². The molecule has 0 atom stereocenters. The van der Waals surface area contributed by atoms with E-state index in [0.717, 1.165) is 16.0 Å². The second kappa shape index (κ2) is 7.86. The van der Waals surface area contributed by atoms with Crippen LogP contribution in [0.25, 0.3) is 0 Å². The van der Waals surface area contributed by atoms with Crippen molar-refractivity contribution in [1.82, 2.24) is 15.2 Å². The van der Waals surface area contributed by atoms with Crippen LogP contribution >= 0.6 is 0 Å². The third kappa shape index (κ3) is 4.41. The van der Waals surface area contributed by atoms with Crippen LogP contribution in [0.5, 0.6) is 5.75 Å². The lowest BCUT2D eigenvalue weighted by Gasteiger charge is -2.04. The lowest BCUT2D eigenvalue weighted by Crippen LogP contribution is -2.17. The van der Waals surface area contributed by atoms with Crippen LogP contribution in [0.1, 0.15) is 33.1 Å². The van der Waals surface area contributed by atoms with Crippen molar-refractivity contribution in [1.29, 1.82) is 0 Å². The van der Waals surface area contributed by atoms with Crippen LogP contribution in [0.3, 0.4) is 0 Å². The van der Waals surface area contributed by atoms with Crippen molar-refractivity contribution in [3.8, 4) is 5.75 Å². The molecule has 0 aliphatic rings. The number of aromatic nitrogens is 2. The Balaban J connectivity index is 1.57. The van der Waals surface area contributed by atoms with Gasteiger partial charge in [-0.15, -0.1) is 0 Å². The Morgan fingerprint density at radius 2 is 2.19 bits per heavy atom. The van der Waals surface area contributed by atoms with E-state index in [0.29, 0.717) is 11.5 Å². The SMILES string of the molecule is Cc1cccc(OCc2ccc(C(=O)N/N=C/c3c(C)nn(C)c3F)o2)c1. The standard InChI is InChI=1S/C19H19FN4O3/c1-12-5-4-6-14(9-12)26-11-15-7-8-17(27-15)19(25)22-21-10-16-13(2)23-24(3)18(16)20/h4-10H,11H2,1-3H3,(H,22,25)/b21-10+. The van der Waals surface area contributed by atoms with E-state index >= 15 is 0 Å². The first-order valence-corrected chi connectivity index (χ1v) is 8.24. The highest BCUT2D eigenvalue weighted by Crippen LogP contribution is 2.16. The van der Waals surface area contributed by atoms with Crippen molar-refractivity contribution in [2.45, 2.75) is 20.5 Å². The number of nitrogens with zero attached hydrogens (tertiary/aromatic N) is 3. The molecule has 3 rings (SSSR count). The van der Waals surface area contributed by atoms with Gasteiger partial charge in [0, 0.05) is 7.05 Å². The Morgan fingerprint density at radius 1 is 1.37 bits per heavy atom. The van der Waals surface area contributed by atoms with Gasteiger partial charge in [0.2, 0.25) is 5.95 Å². The predicted molar refractivity (Wildman–Crippen MR) is 97.2 cm³/mol. The van der Waals surface area contributed by atoms with Crippen LogP contribution in [0.4, 0.5) is 4.39 Å². The number of hydrazone groups is 1. The van der Waals surface area contributed by atoms with Gasteiger partial charge in [-0.25, -0.2) is 10.1 Å². The average molecular weight is 370 g/mol. The second-order valence-electron chi connectivity index (χ2n) is 5.98. The topological polar surface area (TPSA) is 81.6 Å². The van der Waals surface area contributed by atoms with Crippen molar-refractivity contribution in [2.24, 2.45) is 12.1 Å². The van der Waals surface area contributed by atoms with Crippen molar-refractivity contribution >= 4 is 12.1 Å². The van der Waals surface area contributed by atoms with Crippen LogP contribution in [-0.2, 0) is 13.7 Å². The molecule has 0 spiro atoms. The van der Waals surface area contributed by atoms with Gasteiger partial charge in [-0.3, -0.25) is 4.79 Å². The number of nitrogens with one attached hydrogen (secondary N) is 1. The fourth-order valence-electron chi connectivity index (χ4n) is 2.44. The molecule has 1 N–H and O–H groups in total. The van der Waals surface area contributed by atoms with Crippen molar-refractivity contribution in [3.05, 3.63) is 70.7 Å². The minimum atomic E-state index is -0.546. The molecule has 2 aromatic heterocycles. The minimum Gasteiger partial charge on any atom is -0.486 e. The Morgan fingerprint density at radius 3 is 2.89 bits per heavy atom. The molecule has 2 heterocycles. The zero-order chi connectivity index (χ0) is 19.4. The third-order valence-corrected chi connectivity index (χ3v) is 3.81. The van der Waals surface area contributed by atoms with Crippen molar-refractivity contribution in [3.63, 3.8) is 0 Å². The van der Waals surface area contributed by atoms with Crippen LogP contribution in [0, 0.1) is 19.8 Å². The lowest BCUT2D eigenvalue weighted by atomic mass is 10.2. The molecule has 140 valence electrons. The van der Waals surface area contributed by atoms with Gasteiger partial charge in [-0.05, 0) is 43.7 Å². The van der Waals surface area contributed by atoms with Gasteiger partial charge >= 0.3 is 5.91 Å². The molecule has 0 bridgehead atoms. The number of benzene rings is 1. The summed E-state index contributed by atoms with van der Waals surface area (Å²) in [5.74, 6) is 0.225. The number of amides is 1. The van der Waals surface area contributed by atoms with Gasteiger partial charge in [0.15, 0.2) is 5.76 Å². The molecule has 0 radical (unpaired) electrons. The Bertz CT molecular complexity index is 991. The molecule has 8 heteroatoms. The first kappa shape index (κ1) is 18.4. The zero-order valence-corrected chi connectivity index (χ0v) is 15.2. The Hall–Kier alpha value is -3.42. The molecule has 3 aromatic rings. The summed E-state index contributed by atoms with van der Waals surface area (Å²) in [7, 11) is 1.49. The highest BCUT2D eigenvalue weighted by atomic mass is 19.1. The fourth-order valence-corrected chi connectivity index (χ4v) is 2.44. The van der Waals surface area contributed by atoms with E-state index < -0.39 is 11.9 Å². The summed E-state index contributed by atoms with van der Waals surface area (Å²) in [6, 6.07) is 10.8. The Kier molecular flexibility index (Phi) is 5.35. The summed E-state index contributed by atoms with van der Waals surface area (Å²) >= 11 is 0. The molecule has 0 saturated heterocycles. The van der Waals surface area contributed by atoms with E-state index in [2.05, 4.69) is 15.6 Å². The number of carbonyl (C=O) groups is 1. The quantitative estimate of drug-likeness (QED) is 0.534. The number of furan rings is 1. The fraction of sp³-hybridized carbons (Fsp3) is 0.211. The molecular weight excluding hydrogens is 351 g/mol. The Labute approximate surface area is 155 Å². The second-order valence-corrected chi connectivity index (χ2v) is 5.98. The number of aryl methyl sites for hydroxylation is 3. The number of hydrogen-bond acceptors (Lipinski definition) is 5. The van der Waals surface area contributed by atoms with Gasteiger partial charge < -0.3 is 9.15 Å². The van der Waals surface area contributed by atoms with Crippen LogP contribution in [-0.4, -0.2) is 21.9 Å². The monoisotopic (exact) mass is 370 g/mol. The third-order valence-electron chi connectivity index (χ3n) is 3.81. The molecule has 0 aliphatic heterocycles. The first-order chi connectivity index (χ1) is 12.9. The molecule has 0 aliphatic carbocycles. The van der Waals surface area contributed by atoms with Gasteiger partial charge in [0.05, 0.1) is 17.5 Å². The largest absolute Gasteiger partial charge is 0.486 e. The smallest absolute Gasteiger partial charge is 0.307 e. The highest BCUT2D eigenvalue weighted by Gasteiger charge is 2.13. The maximum absolute atomic E-state index is 13.8. The van der Waals surface area contributed by atoms with Gasteiger partial charge in [0.25, 0.3) is 0 Å². The number of halogens is 1. The predicted octanol–water partition coefficient (Wildman–Crippen LogP) is 3.11. The summed E-state index contributed by atoms with van der Waals surface area (Å²) in [4.78, 5) is 12.1. The summed E-state index contributed by atoms with van der Waals surface area (Å²) in [6.45, 7) is 3.82. The van der Waals surface area contributed by atoms with Crippen LogP contribution in [0.15, 0.2) is 45.9 Å². The minimum absolute atomic E-state index is 0.0818. The maximum atomic E-state index is 13.8. The lowest BCUT2D eigenvalue weighted by molar-refractivity contribution is 0.0923. The molecule has 1 aromatic carbocycles. The molecule has 0 unspecified atom stereocenters. The maximum Gasteiger partial charge on any atom is 0.307 e. The summed E-state index contributed by atoms with van der Waals surface area (Å²) in [6.07, 6.45) is 1.21. The van der Waals surface area contributed by atoms with E-state index in [1.165, 1.54) is 19.3 Å². The number of hydrogen-bond donors (Lipinski definition) is 1. The number of rotatable bonds is 6. The normalized spacial score (nSPS) is 11.1.